The fraction of sp³-hybridized carbons (Fsp3) is 0.533. The fourth-order valence-electron chi connectivity index (χ4n) is 3.19. The first-order chi connectivity index (χ1) is 9.71. The lowest BCUT2D eigenvalue weighted by atomic mass is 9.77. The first-order valence-electron chi connectivity index (χ1n) is 7.23. The van der Waals surface area contributed by atoms with Gasteiger partial charge in [0.2, 0.25) is 0 Å². The summed E-state index contributed by atoms with van der Waals surface area (Å²) < 4.78 is 1.90. The van der Waals surface area contributed by atoms with Crippen molar-refractivity contribution in [1.29, 1.82) is 0 Å². The number of pyridine rings is 1. The molecule has 1 aliphatic rings. The van der Waals surface area contributed by atoms with E-state index in [1.54, 1.807) is 0 Å². The maximum atomic E-state index is 11.8. The van der Waals surface area contributed by atoms with E-state index in [9.17, 15) is 9.90 Å². The number of carbonyl (C=O) groups is 1. The maximum absolute atomic E-state index is 11.8. The molecule has 0 saturated heterocycles. The summed E-state index contributed by atoms with van der Waals surface area (Å²) in [6, 6.07) is 5.71. The molecule has 0 amide bonds. The second kappa shape index (κ2) is 5.23. The minimum atomic E-state index is -0.688. The maximum Gasteiger partial charge on any atom is 0.310 e. The molecule has 0 radical (unpaired) electrons. The summed E-state index contributed by atoms with van der Waals surface area (Å²) >= 11 is 0. The van der Waals surface area contributed by atoms with Crippen molar-refractivity contribution in [3.05, 3.63) is 30.2 Å². The summed E-state index contributed by atoms with van der Waals surface area (Å²) in [5.74, 6) is 0.0666. The summed E-state index contributed by atoms with van der Waals surface area (Å²) in [6.45, 7) is 0. The first kappa shape index (κ1) is 13.1. The van der Waals surface area contributed by atoms with Crippen LogP contribution in [0.1, 0.15) is 44.3 Å². The number of aromatic nitrogens is 3. The average Bonchev–Trinajstić information content (AvgIpc) is 2.69. The number of aliphatic carboxylic acids is 1. The molecule has 0 bridgehead atoms. The highest BCUT2D eigenvalue weighted by molar-refractivity contribution is 5.75. The van der Waals surface area contributed by atoms with E-state index in [4.69, 9.17) is 0 Å². The van der Waals surface area contributed by atoms with Gasteiger partial charge in [-0.1, -0.05) is 31.7 Å². The zero-order chi connectivity index (χ0) is 14.0. The lowest BCUT2D eigenvalue weighted by Crippen LogP contribution is -2.33. The van der Waals surface area contributed by atoms with Gasteiger partial charge in [0.25, 0.3) is 0 Å². The van der Waals surface area contributed by atoms with Crippen molar-refractivity contribution in [1.82, 2.24) is 14.6 Å². The van der Waals surface area contributed by atoms with Gasteiger partial charge < -0.3 is 5.11 Å². The predicted molar refractivity (Wildman–Crippen MR) is 74.5 cm³/mol. The molecule has 0 spiro atoms. The monoisotopic (exact) mass is 273 g/mol. The molecule has 5 heteroatoms. The second-order valence-corrected chi connectivity index (χ2v) is 5.72. The summed E-state index contributed by atoms with van der Waals surface area (Å²) in [7, 11) is 0. The van der Waals surface area contributed by atoms with E-state index in [1.165, 1.54) is 0 Å². The lowest BCUT2D eigenvalue weighted by Gasteiger charge is -2.27. The molecule has 1 fully saturated rings. The van der Waals surface area contributed by atoms with Crippen LogP contribution in [0.25, 0.3) is 5.65 Å². The van der Waals surface area contributed by atoms with E-state index >= 15 is 0 Å². The molecule has 5 nitrogen and oxygen atoms in total. The topological polar surface area (TPSA) is 67.5 Å². The van der Waals surface area contributed by atoms with Crippen LogP contribution in [0.5, 0.6) is 0 Å². The van der Waals surface area contributed by atoms with Gasteiger partial charge in [-0.05, 0) is 25.0 Å². The smallest absolute Gasteiger partial charge is 0.310 e. The SMILES string of the molecule is O=C(O)C1(Cc2nnc3ccccn23)CCCCCC1. The van der Waals surface area contributed by atoms with Crippen LogP contribution in [0.15, 0.2) is 24.4 Å². The van der Waals surface area contributed by atoms with Gasteiger partial charge in [0, 0.05) is 12.6 Å². The second-order valence-electron chi connectivity index (χ2n) is 5.72. The Morgan fingerprint density at radius 1 is 1.20 bits per heavy atom. The van der Waals surface area contributed by atoms with Crippen LogP contribution in [0.2, 0.25) is 0 Å². The van der Waals surface area contributed by atoms with Gasteiger partial charge >= 0.3 is 5.97 Å². The molecular formula is C15H19N3O2. The van der Waals surface area contributed by atoms with Gasteiger partial charge in [0.05, 0.1) is 5.41 Å². The van der Waals surface area contributed by atoms with Gasteiger partial charge in [-0.2, -0.15) is 0 Å². The van der Waals surface area contributed by atoms with Crippen LogP contribution >= 0.6 is 0 Å². The number of hydrogen-bond donors (Lipinski definition) is 1. The molecule has 0 unspecified atom stereocenters. The van der Waals surface area contributed by atoms with Crippen LogP contribution in [0.4, 0.5) is 0 Å². The van der Waals surface area contributed by atoms with Crippen molar-refractivity contribution in [3.8, 4) is 0 Å². The third kappa shape index (κ3) is 2.28. The average molecular weight is 273 g/mol. The van der Waals surface area contributed by atoms with Crippen LogP contribution in [0.3, 0.4) is 0 Å². The van der Waals surface area contributed by atoms with Crippen molar-refractivity contribution in [2.24, 2.45) is 5.41 Å². The molecule has 106 valence electrons. The highest BCUT2D eigenvalue weighted by atomic mass is 16.4. The zero-order valence-corrected chi connectivity index (χ0v) is 11.5. The minimum absolute atomic E-state index is 0.466. The number of nitrogens with zero attached hydrogens (tertiary/aromatic N) is 3. The van der Waals surface area contributed by atoms with Gasteiger partial charge in [-0.3, -0.25) is 9.20 Å². The molecule has 2 aromatic heterocycles. The van der Waals surface area contributed by atoms with E-state index < -0.39 is 11.4 Å². The standard InChI is InChI=1S/C15H19N3O2/c19-14(20)15(8-4-1-2-5-9-15)11-13-17-16-12-7-3-6-10-18(12)13/h3,6-7,10H,1-2,4-5,8-9,11H2,(H,19,20). The fourth-order valence-corrected chi connectivity index (χ4v) is 3.19. The Kier molecular flexibility index (Phi) is 3.42. The number of hydrogen-bond acceptors (Lipinski definition) is 3. The molecule has 0 atom stereocenters. The predicted octanol–water partition coefficient (Wildman–Crippen LogP) is 2.70. The molecule has 2 aromatic rings. The number of carboxylic acid groups (broad SMARTS) is 1. The molecule has 0 aliphatic heterocycles. The number of carboxylic acids is 1. The molecular weight excluding hydrogens is 254 g/mol. The third-order valence-corrected chi connectivity index (χ3v) is 4.40. The zero-order valence-electron chi connectivity index (χ0n) is 11.5. The van der Waals surface area contributed by atoms with Crippen molar-refractivity contribution in [2.75, 3.05) is 0 Å². The quantitative estimate of drug-likeness (QED) is 0.873. The molecule has 2 heterocycles. The van der Waals surface area contributed by atoms with Crippen LogP contribution in [-0.4, -0.2) is 25.7 Å². The van der Waals surface area contributed by atoms with Crippen LogP contribution < -0.4 is 0 Å². The number of fused-ring (bicyclic) bond motifs is 1. The van der Waals surface area contributed by atoms with Gasteiger partial charge in [0.1, 0.15) is 5.82 Å². The van der Waals surface area contributed by atoms with E-state index in [0.717, 1.165) is 50.0 Å². The first-order valence-corrected chi connectivity index (χ1v) is 7.23. The summed E-state index contributed by atoms with van der Waals surface area (Å²) in [5.41, 5.74) is 0.103. The summed E-state index contributed by atoms with van der Waals surface area (Å²) in [4.78, 5) is 11.8. The summed E-state index contributed by atoms with van der Waals surface area (Å²) in [6.07, 6.45) is 8.09. The van der Waals surface area contributed by atoms with Crippen molar-refractivity contribution in [3.63, 3.8) is 0 Å². The van der Waals surface area contributed by atoms with Crippen LogP contribution in [-0.2, 0) is 11.2 Å². The van der Waals surface area contributed by atoms with Crippen molar-refractivity contribution < 1.29 is 9.90 Å². The molecule has 1 saturated carbocycles. The molecule has 3 rings (SSSR count). The lowest BCUT2D eigenvalue weighted by molar-refractivity contribution is -0.150. The van der Waals surface area contributed by atoms with Crippen molar-refractivity contribution in [2.45, 2.75) is 44.9 Å². The van der Waals surface area contributed by atoms with Crippen LogP contribution in [0, 0.1) is 5.41 Å². The summed E-state index contributed by atoms with van der Waals surface area (Å²) in [5, 5.41) is 18.0. The van der Waals surface area contributed by atoms with Gasteiger partial charge in [-0.15, -0.1) is 10.2 Å². The molecule has 0 aromatic carbocycles. The Morgan fingerprint density at radius 3 is 2.65 bits per heavy atom. The largest absolute Gasteiger partial charge is 0.481 e. The van der Waals surface area contributed by atoms with E-state index in [-0.39, 0.29) is 0 Å². The van der Waals surface area contributed by atoms with Crippen molar-refractivity contribution >= 4 is 11.6 Å². The Labute approximate surface area is 117 Å². The number of rotatable bonds is 3. The Morgan fingerprint density at radius 2 is 1.95 bits per heavy atom. The third-order valence-electron chi connectivity index (χ3n) is 4.40. The minimum Gasteiger partial charge on any atom is -0.481 e. The van der Waals surface area contributed by atoms with E-state index in [0.29, 0.717) is 6.42 Å². The Hall–Kier alpha value is -1.91. The Balaban J connectivity index is 1.95. The van der Waals surface area contributed by atoms with Gasteiger partial charge in [-0.25, -0.2) is 0 Å². The molecule has 1 aliphatic carbocycles. The Bertz CT molecular complexity index is 612. The van der Waals surface area contributed by atoms with E-state index in [1.807, 2.05) is 28.8 Å². The highest BCUT2D eigenvalue weighted by Crippen LogP contribution is 2.38. The van der Waals surface area contributed by atoms with E-state index in [2.05, 4.69) is 10.2 Å². The molecule has 1 N–H and O–H groups in total. The highest BCUT2D eigenvalue weighted by Gasteiger charge is 2.40. The van der Waals surface area contributed by atoms with Gasteiger partial charge in [0.15, 0.2) is 5.65 Å². The normalized spacial score (nSPS) is 18.8. The molecule has 20 heavy (non-hydrogen) atoms.